The number of hydrogen-bond acceptors (Lipinski definition) is 6. The van der Waals surface area contributed by atoms with Crippen molar-refractivity contribution in [3.8, 4) is 5.69 Å². The summed E-state index contributed by atoms with van der Waals surface area (Å²) < 4.78 is 12.9. The van der Waals surface area contributed by atoms with Gasteiger partial charge in [0.25, 0.3) is 0 Å². The predicted octanol–water partition coefficient (Wildman–Crippen LogP) is 4.33. The molecule has 0 radical (unpaired) electrons. The summed E-state index contributed by atoms with van der Waals surface area (Å²) in [5, 5.41) is 7.69. The molecule has 0 aliphatic rings. The zero-order chi connectivity index (χ0) is 15.5. The first-order valence-corrected chi connectivity index (χ1v) is 10.8. The molecule has 0 unspecified atom stereocenters. The van der Waals surface area contributed by atoms with Gasteiger partial charge in [-0.05, 0) is 48.3 Å². The lowest BCUT2D eigenvalue weighted by Crippen LogP contribution is -2.00. The van der Waals surface area contributed by atoms with Crippen molar-refractivity contribution in [2.75, 3.05) is 14.2 Å². The zero-order valence-corrected chi connectivity index (χ0v) is 15.4. The Labute approximate surface area is 141 Å². The van der Waals surface area contributed by atoms with Crippen molar-refractivity contribution < 1.29 is 9.05 Å². The first-order chi connectivity index (χ1) is 9.99. The number of hydrogen-bond donors (Lipinski definition) is 1. The van der Waals surface area contributed by atoms with Gasteiger partial charge in [-0.3, -0.25) is 9.67 Å². The van der Waals surface area contributed by atoms with Crippen molar-refractivity contribution in [1.82, 2.24) is 14.8 Å². The maximum absolute atomic E-state index is 5.91. The Kier molecular flexibility index (Phi) is 6.02. The highest BCUT2D eigenvalue weighted by molar-refractivity contribution is 8.67. The summed E-state index contributed by atoms with van der Waals surface area (Å²) in [6.45, 7) is 0. The van der Waals surface area contributed by atoms with Crippen LogP contribution >= 0.6 is 40.9 Å². The Morgan fingerprint density at radius 3 is 2.52 bits per heavy atom. The van der Waals surface area contributed by atoms with E-state index in [2.05, 4.69) is 10.2 Å². The summed E-state index contributed by atoms with van der Waals surface area (Å²) in [6.07, 6.45) is 0. The minimum atomic E-state index is -2.33. The highest BCUT2D eigenvalue weighted by Gasteiger charge is 2.19. The van der Waals surface area contributed by atoms with Gasteiger partial charge < -0.3 is 9.05 Å². The van der Waals surface area contributed by atoms with Gasteiger partial charge in [-0.2, -0.15) is 5.10 Å². The Hall–Kier alpha value is -0.210. The van der Waals surface area contributed by atoms with E-state index in [1.165, 1.54) is 11.4 Å². The van der Waals surface area contributed by atoms with E-state index in [1.807, 2.05) is 16.7 Å². The number of aromatic nitrogens is 3. The first kappa shape index (κ1) is 17.1. The van der Waals surface area contributed by atoms with Crippen LogP contribution in [0.4, 0.5) is 0 Å². The molecule has 0 fully saturated rings. The number of H-pyrrole nitrogens is 1. The molecule has 1 N–H and O–H groups in total. The van der Waals surface area contributed by atoms with E-state index in [1.54, 1.807) is 26.4 Å². The standard InChI is InChI=1S/C11H13ClN3O2PS3/c1-16-18(20,17-2)21-7-10-13-14-11(19)15(10)9-5-3-8(12)4-6-9/h3-6H,7H2,1-2H3,(H,14,19). The van der Waals surface area contributed by atoms with Crippen LogP contribution in [0.5, 0.6) is 0 Å². The van der Waals surface area contributed by atoms with E-state index in [0.717, 1.165) is 11.5 Å². The quantitative estimate of drug-likeness (QED) is 0.593. The Morgan fingerprint density at radius 2 is 1.95 bits per heavy atom. The van der Waals surface area contributed by atoms with Crippen LogP contribution in [-0.2, 0) is 26.6 Å². The zero-order valence-electron chi connectivity index (χ0n) is 11.3. The number of rotatable bonds is 6. The van der Waals surface area contributed by atoms with E-state index in [4.69, 9.17) is 44.7 Å². The fourth-order valence-corrected chi connectivity index (χ4v) is 4.74. The Morgan fingerprint density at radius 1 is 1.33 bits per heavy atom. The van der Waals surface area contributed by atoms with Crippen LogP contribution in [0.3, 0.4) is 0 Å². The van der Waals surface area contributed by atoms with Gasteiger partial charge in [-0.1, -0.05) is 23.0 Å². The first-order valence-electron chi connectivity index (χ1n) is 5.77. The molecule has 0 saturated heterocycles. The third kappa shape index (κ3) is 4.16. The van der Waals surface area contributed by atoms with Gasteiger partial charge in [-0.15, -0.1) is 0 Å². The lowest BCUT2D eigenvalue weighted by molar-refractivity contribution is 0.354. The van der Waals surface area contributed by atoms with Crippen LogP contribution in [-0.4, -0.2) is 29.0 Å². The van der Waals surface area contributed by atoms with Crippen LogP contribution in [0, 0.1) is 4.77 Å². The lowest BCUT2D eigenvalue weighted by atomic mass is 10.3. The maximum Gasteiger partial charge on any atom is 0.247 e. The van der Waals surface area contributed by atoms with Gasteiger partial charge in [0.1, 0.15) is 5.82 Å². The van der Waals surface area contributed by atoms with Crippen molar-refractivity contribution in [1.29, 1.82) is 0 Å². The average molecular weight is 382 g/mol. The van der Waals surface area contributed by atoms with Crippen LogP contribution in [0.2, 0.25) is 5.02 Å². The number of nitrogens with one attached hydrogen (secondary N) is 1. The van der Waals surface area contributed by atoms with Crippen molar-refractivity contribution in [2.45, 2.75) is 5.75 Å². The second kappa shape index (κ2) is 7.37. The largest absolute Gasteiger partial charge is 0.325 e. The summed E-state index contributed by atoms with van der Waals surface area (Å²) in [4.78, 5) is 0. The molecule has 0 aliphatic carbocycles. The van der Waals surface area contributed by atoms with Crippen LogP contribution in [0.25, 0.3) is 5.69 Å². The molecular formula is C11H13ClN3O2PS3. The molecule has 0 spiro atoms. The van der Waals surface area contributed by atoms with Gasteiger partial charge in [-0.25, -0.2) is 0 Å². The monoisotopic (exact) mass is 381 g/mol. The summed E-state index contributed by atoms with van der Waals surface area (Å²) in [6, 6.07) is 7.36. The van der Waals surface area contributed by atoms with Crippen molar-refractivity contribution >= 4 is 52.7 Å². The van der Waals surface area contributed by atoms with Crippen LogP contribution in [0.15, 0.2) is 24.3 Å². The summed E-state index contributed by atoms with van der Waals surface area (Å²) in [5.74, 6) is 1.27. The van der Waals surface area contributed by atoms with Gasteiger partial charge in [0.15, 0.2) is 4.77 Å². The highest BCUT2D eigenvalue weighted by Crippen LogP contribution is 2.60. The van der Waals surface area contributed by atoms with Crippen molar-refractivity contribution in [3.63, 3.8) is 0 Å². The molecule has 0 saturated carbocycles. The molecular weight excluding hydrogens is 369 g/mol. The molecule has 0 atom stereocenters. The molecule has 0 aliphatic heterocycles. The molecule has 21 heavy (non-hydrogen) atoms. The SMILES string of the molecule is COP(=S)(OC)SCc1n[nH]c(=S)n1-c1ccc(Cl)cc1. The maximum atomic E-state index is 5.91. The molecule has 1 aromatic heterocycles. The second-order valence-corrected chi connectivity index (χ2v) is 11.2. The lowest BCUT2D eigenvalue weighted by Gasteiger charge is -2.16. The topological polar surface area (TPSA) is 52.1 Å². The fourth-order valence-electron chi connectivity index (χ4n) is 1.60. The van der Waals surface area contributed by atoms with Crippen LogP contribution in [0.1, 0.15) is 5.82 Å². The van der Waals surface area contributed by atoms with E-state index in [-0.39, 0.29) is 0 Å². The highest BCUT2D eigenvalue weighted by atomic mass is 35.5. The average Bonchev–Trinajstić information content (AvgIpc) is 2.87. The van der Waals surface area contributed by atoms with Crippen molar-refractivity contribution in [3.05, 3.63) is 39.9 Å². The molecule has 1 heterocycles. The normalized spacial score (nSPS) is 11.8. The molecule has 114 valence electrons. The second-order valence-electron chi connectivity index (χ2n) is 3.84. The minimum Gasteiger partial charge on any atom is -0.325 e. The molecule has 1 aromatic carbocycles. The van der Waals surface area contributed by atoms with Crippen molar-refractivity contribution in [2.24, 2.45) is 0 Å². The number of benzene rings is 1. The number of aromatic amines is 1. The number of halogens is 1. The van der Waals surface area contributed by atoms with Gasteiger partial charge in [0, 0.05) is 24.9 Å². The smallest absolute Gasteiger partial charge is 0.247 e. The molecule has 10 heteroatoms. The predicted molar refractivity (Wildman–Crippen MR) is 93.4 cm³/mol. The molecule has 0 bridgehead atoms. The molecule has 0 amide bonds. The van der Waals surface area contributed by atoms with Crippen LogP contribution < -0.4 is 0 Å². The van der Waals surface area contributed by atoms with E-state index in [0.29, 0.717) is 15.5 Å². The van der Waals surface area contributed by atoms with Gasteiger partial charge >= 0.3 is 0 Å². The summed E-state index contributed by atoms with van der Waals surface area (Å²) in [5.41, 5.74) is -1.44. The van der Waals surface area contributed by atoms with E-state index in [9.17, 15) is 0 Å². The van der Waals surface area contributed by atoms with E-state index < -0.39 is 5.69 Å². The Bertz CT molecular complexity index is 708. The molecule has 2 rings (SSSR count). The molecule has 5 nitrogen and oxygen atoms in total. The third-order valence-electron chi connectivity index (χ3n) is 2.63. The number of nitrogens with zero attached hydrogens (tertiary/aromatic N) is 2. The Balaban J connectivity index is 2.29. The minimum absolute atomic E-state index is 0.510. The third-order valence-corrected chi connectivity index (χ3v) is 8.82. The summed E-state index contributed by atoms with van der Waals surface area (Å²) >= 11 is 17.9. The van der Waals surface area contributed by atoms with E-state index >= 15 is 0 Å². The van der Waals surface area contributed by atoms with Gasteiger partial charge in [0.05, 0.1) is 5.75 Å². The van der Waals surface area contributed by atoms with Gasteiger partial charge in [0.2, 0.25) is 5.69 Å². The fraction of sp³-hybridized carbons (Fsp3) is 0.273. The summed E-state index contributed by atoms with van der Waals surface area (Å²) in [7, 11) is 3.10. The molecule has 2 aromatic rings.